The quantitative estimate of drug-likeness (QED) is 0.394. The first-order valence-corrected chi connectivity index (χ1v) is 8.82. The summed E-state index contributed by atoms with van der Waals surface area (Å²) in [5.41, 5.74) is 3.97. The van der Waals surface area contributed by atoms with Crippen molar-refractivity contribution >= 4 is 0 Å². The van der Waals surface area contributed by atoms with E-state index in [1.165, 1.54) is 24.0 Å². The minimum atomic E-state index is 0. The summed E-state index contributed by atoms with van der Waals surface area (Å²) in [6.07, 6.45) is 9.42. The summed E-state index contributed by atoms with van der Waals surface area (Å²) < 4.78 is 0. The van der Waals surface area contributed by atoms with Crippen LogP contribution in [0.15, 0.2) is 66.7 Å². The Balaban J connectivity index is 0.00000288. The van der Waals surface area contributed by atoms with Crippen LogP contribution in [0.3, 0.4) is 0 Å². The molecule has 0 radical (unpaired) electrons. The summed E-state index contributed by atoms with van der Waals surface area (Å²) in [6, 6.07) is 19.5. The van der Waals surface area contributed by atoms with Crippen LogP contribution in [0.2, 0.25) is 0 Å². The normalized spacial score (nSPS) is 13.4. The van der Waals surface area contributed by atoms with Crippen molar-refractivity contribution in [3.8, 4) is 0 Å². The predicted octanol–water partition coefficient (Wildman–Crippen LogP) is 3.90. The number of allylic oxidation sites excluding steroid dienone is 2. The Labute approximate surface area is 160 Å². The molecule has 0 aliphatic rings. The third-order valence-corrected chi connectivity index (χ3v) is 4.67. The molecular formula is C23H29Li. The molecule has 2 aromatic carbocycles. The molecule has 0 bridgehead atoms. The van der Waals surface area contributed by atoms with Gasteiger partial charge in [-0.2, -0.15) is 24.6 Å². The van der Waals surface area contributed by atoms with E-state index in [0.29, 0.717) is 11.8 Å². The molecule has 0 aliphatic heterocycles. The number of hydrogen-bond acceptors (Lipinski definition) is 0. The molecule has 24 heavy (non-hydrogen) atoms. The van der Waals surface area contributed by atoms with Crippen LogP contribution in [0.5, 0.6) is 0 Å². The Kier molecular flexibility index (Phi) is 9.70. The smallest absolute Gasteiger partial charge is 0.199 e. The van der Waals surface area contributed by atoms with Crippen molar-refractivity contribution in [2.75, 3.05) is 0 Å². The van der Waals surface area contributed by atoms with Crippen LogP contribution in [-0.2, 0) is 0 Å². The van der Waals surface area contributed by atoms with E-state index in [1.54, 1.807) is 0 Å². The maximum Gasteiger partial charge on any atom is 1.00 e. The van der Waals surface area contributed by atoms with Crippen LogP contribution in [0.1, 0.15) is 68.1 Å². The van der Waals surface area contributed by atoms with Crippen molar-refractivity contribution in [2.24, 2.45) is 0 Å². The van der Waals surface area contributed by atoms with E-state index < -0.39 is 0 Å². The summed E-state index contributed by atoms with van der Waals surface area (Å²) in [4.78, 5) is 0. The summed E-state index contributed by atoms with van der Waals surface area (Å²) in [7, 11) is 0. The standard InChI is InChI=1S/C23H29.Li/c1-4-21(23-13-9-6-10-14-23)12-8-5-7-11-20(3)22-17-15-19(2)16-18-22;/h5-6,8-10,13-18,20-21H,2,4,7,11-12H2,1,3H3;/q-1;+1/b8-5+;. The first-order valence-electron chi connectivity index (χ1n) is 8.82. The number of benzene rings is 2. The van der Waals surface area contributed by atoms with Gasteiger partial charge in [0.15, 0.2) is 0 Å². The fraction of sp³-hybridized carbons (Fsp3) is 0.348. The third kappa shape index (κ3) is 6.64. The second kappa shape index (κ2) is 11.2. The van der Waals surface area contributed by atoms with Gasteiger partial charge in [0, 0.05) is 0 Å². The van der Waals surface area contributed by atoms with Crippen LogP contribution in [0.25, 0.3) is 0 Å². The molecular weight excluding hydrogens is 283 g/mol. The second-order valence-electron chi connectivity index (χ2n) is 6.44. The monoisotopic (exact) mass is 312 g/mol. The van der Waals surface area contributed by atoms with E-state index >= 15 is 0 Å². The van der Waals surface area contributed by atoms with E-state index in [1.807, 2.05) is 0 Å². The first kappa shape index (κ1) is 20.7. The van der Waals surface area contributed by atoms with Gasteiger partial charge in [0.1, 0.15) is 0 Å². The summed E-state index contributed by atoms with van der Waals surface area (Å²) in [5, 5.41) is 0. The van der Waals surface area contributed by atoms with Gasteiger partial charge in [-0.05, 0) is 43.1 Å². The first-order chi connectivity index (χ1) is 11.2. The molecule has 0 heterocycles. The van der Waals surface area contributed by atoms with Gasteiger partial charge in [-0.3, -0.25) is 0 Å². The van der Waals surface area contributed by atoms with E-state index in [-0.39, 0.29) is 18.9 Å². The Morgan fingerprint density at radius 2 is 1.58 bits per heavy atom. The maximum atomic E-state index is 3.95. The van der Waals surface area contributed by atoms with Gasteiger partial charge in [-0.1, -0.05) is 61.9 Å². The Hall–Kier alpha value is -1.35. The van der Waals surface area contributed by atoms with Crippen LogP contribution >= 0.6 is 0 Å². The van der Waals surface area contributed by atoms with Gasteiger partial charge in [0.2, 0.25) is 0 Å². The Morgan fingerprint density at radius 3 is 2.21 bits per heavy atom. The molecule has 2 unspecified atom stereocenters. The largest absolute Gasteiger partial charge is 1.00 e. The molecule has 122 valence electrons. The Bertz CT molecular complexity index is 583. The van der Waals surface area contributed by atoms with E-state index in [0.717, 1.165) is 18.4 Å². The minimum absolute atomic E-state index is 0. The molecule has 0 saturated carbocycles. The Morgan fingerprint density at radius 1 is 0.917 bits per heavy atom. The molecule has 0 nitrogen and oxygen atoms in total. The van der Waals surface area contributed by atoms with Crippen molar-refractivity contribution in [1.29, 1.82) is 0 Å². The average molecular weight is 312 g/mol. The molecule has 0 fully saturated rings. The molecule has 0 aliphatic carbocycles. The molecule has 2 aromatic rings. The second-order valence-corrected chi connectivity index (χ2v) is 6.44. The average Bonchev–Trinajstić information content (AvgIpc) is 2.59. The maximum absolute atomic E-state index is 3.95. The summed E-state index contributed by atoms with van der Waals surface area (Å²) in [6.45, 7) is 8.53. The zero-order valence-corrected chi connectivity index (χ0v) is 15.5. The van der Waals surface area contributed by atoms with Crippen LogP contribution in [0.4, 0.5) is 0 Å². The summed E-state index contributed by atoms with van der Waals surface area (Å²) in [5.74, 6) is 1.26. The third-order valence-electron chi connectivity index (χ3n) is 4.67. The number of rotatable bonds is 8. The van der Waals surface area contributed by atoms with Gasteiger partial charge in [0.05, 0.1) is 0 Å². The molecule has 2 atom stereocenters. The fourth-order valence-electron chi connectivity index (χ4n) is 3.00. The van der Waals surface area contributed by atoms with Crippen LogP contribution in [-0.4, -0.2) is 0 Å². The van der Waals surface area contributed by atoms with Crippen LogP contribution < -0.4 is 18.9 Å². The van der Waals surface area contributed by atoms with Crippen molar-refractivity contribution in [1.82, 2.24) is 0 Å². The van der Waals surface area contributed by atoms with Gasteiger partial charge in [0.25, 0.3) is 0 Å². The molecule has 1 heteroatoms. The molecule has 0 saturated heterocycles. The van der Waals surface area contributed by atoms with E-state index in [9.17, 15) is 0 Å². The van der Waals surface area contributed by atoms with Crippen molar-refractivity contribution < 1.29 is 18.9 Å². The van der Waals surface area contributed by atoms with Gasteiger partial charge in [-0.25, -0.2) is 0 Å². The zero-order valence-electron chi connectivity index (χ0n) is 15.5. The van der Waals surface area contributed by atoms with Gasteiger partial charge in [-0.15, -0.1) is 12.1 Å². The molecule has 0 amide bonds. The van der Waals surface area contributed by atoms with Crippen LogP contribution in [0, 0.1) is 6.92 Å². The zero-order chi connectivity index (χ0) is 16.5. The SMILES string of the molecule is [CH2-]c1ccc(C(C)CC/C=C/CC(CC)c2ccccc2)cc1.[Li+]. The van der Waals surface area contributed by atoms with E-state index in [4.69, 9.17) is 0 Å². The van der Waals surface area contributed by atoms with E-state index in [2.05, 4.69) is 87.5 Å². The molecule has 0 aromatic heterocycles. The fourth-order valence-corrected chi connectivity index (χ4v) is 3.00. The molecule has 0 N–H and O–H groups in total. The topological polar surface area (TPSA) is 0 Å². The predicted molar refractivity (Wildman–Crippen MR) is 102 cm³/mol. The number of hydrogen-bond donors (Lipinski definition) is 0. The summed E-state index contributed by atoms with van der Waals surface area (Å²) >= 11 is 0. The minimum Gasteiger partial charge on any atom is -0.199 e. The van der Waals surface area contributed by atoms with Crippen molar-refractivity contribution in [2.45, 2.75) is 51.4 Å². The van der Waals surface area contributed by atoms with Crippen molar-refractivity contribution in [3.63, 3.8) is 0 Å². The molecule has 2 rings (SSSR count). The van der Waals surface area contributed by atoms with Gasteiger partial charge < -0.3 is 0 Å². The van der Waals surface area contributed by atoms with Crippen molar-refractivity contribution in [3.05, 3.63) is 90.4 Å². The van der Waals surface area contributed by atoms with Gasteiger partial charge >= 0.3 is 18.9 Å². The molecule has 0 spiro atoms.